The van der Waals surface area contributed by atoms with Crippen LogP contribution in [0.15, 0.2) is 23.8 Å². The zero-order valence-corrected chi connectivity index (χ0v) is 6.26. The van der Waals surface area contributed by atoms with Gasteiger partial charge < -0.3 is 0 Å². The molecule has 11 heavy (non-hydrogen) atoms. The molecule has 0 spiro atoms. The van der Waals surface area contributed by atoms with Crippen molar-refractivity contribution in [3.63, 3.8) is 0 Å². The van der Waals surface area contributed by atoms with Gasteiger partial charge in [0.25, 0.3) is 11.8 Å². The maximum atomic E-state index is 10.8. The lowest BCUT2D eigenvalue weighted by Gasteiger charge is -1.88. The molecule has 0 fully saturated rings. The van der Waals surface area contributed by atoms with Crippen LogP contribution >= 0.6 is 0 Å². The highest BCUT2D eigenvalue weighted by atomic mass is 16.2. The van der Waals surface area contributed by atoms with Crippen LogP contribution in [0.5, 0.6) is 0 Å². The molecule has 3 nitrogen and oxygen atoms in total. The lowest BCUT2D eigenvalue weighted by Crippen LogP contribution is -2.21. The molecule has 58 valence electrons. The first-order chi connectivity index (χ1) is 5.24. The van der Waals surface area contributed by atoms with Gasteiger partial charge in [-0.3, -0.25) is 14.9 Å². The fourth-order valence-electron chi connectivity index (χ4n) is 0.796. The molecule has 0 atom stereocenters. The van der Waals surface area contributed by atoms with Crippen LogP contribution in [0.25, 0.3) is 0 Å². The highest BCUT2D eigenvalue weighted by molar-refractivity contribution is 6.17. The maximum absolute atomic E-state index is 10.8. The number of hydrogen-bond donors (Lipinski definition) is 1. The Kier molecular flexibility index (Phi) is 2.21. The summed E-state index contributed by atoms with van der Waals surface area (Å²) < 4.78 is 0. The molecule has 0 aromatic heterocycles. The maximum Gasteiger partial charge on any atom is 0.258 e. The Morgan fingerprint density at radius 2 is 2.27 bits per heavy atom. The van der Waals surface area contributed by atoms with Crippen LogP contribution in [-0.2, 0) is 9.59 Å². The molecule has 1 aliphatic rings. The molecule has 1 N–H and O–H groups in total. The van der Waals surface area contributed by atoms with E-state index in [4.69, 9.17) is 0 Å². The number of imide groups is 1. The largest absolute Gasteiger partial charge is 0.289 e. The summed E-state index contributed by atoms with van der Waals surface area (Å²) in [5, 5.41) is 2.15. The molecule has 0 saturated carbocycles. The number of amides is 2. The van der Waals surface area contributed by atoms with Crippen molar-refractivity contribution in [3.05, 3.63) is 23.8 Å². The molecule has 3 heteroatoms. The van der Waals surface area contributed by atoms with Gasteiger partial charge in [0.2, 0.25) is 0 Å². The van der Waals surface area contributed by atoms with Crippen molar-refractivity contribution >= 4 is 11.8 Å². The van der Waals surface area contributed by atoms with E-state index in [1.807, 2.05) is 13.0 Å². The molecule has 1 rings (SSSR count). The van der Waals surface area contributed by atoms with Gasteiger partial charge in [-0.05, 0) is 6.42 Å². The molecule has 0 unspecified atom stereocenters. The van der Waals surface area contributed by atoms with Gasteiger partial charge in [-0.25, -0.2) is 0 Å². The lowest BCUT2D eigenvalue weighted by atomic mass is 10.2. The van der Waals surface area contributed by atoms with Gasteiger partial charge in [0.15, 0.2) is 0 Å². The summed E-state index contributed by atoms with van der Waals surface area (Å²) in [5.74, 6) is -0.634. The van der Waals surface area contributed by atoms with E-state index >= 15 is 0 Å². The predicted molar refractivity (Wildman–Crippen MR) is 40.7 cm³/mol. The van der Waals surface area contributed by atoms with E-state index in [2.05, 4.69) is 5.32 Å². The van der Waals surface area contributed by atoms with E-state index in [-0.39, 0.29) is 11.8 Å². The van der Waals surface area contributed by atoms with Crippen LogP contribution in [0.3, 0.4) is 0 Å². The van der Waals surface area contributed by atoms with E-state index in [0.717, 1.165) is 6.42 Å². The average Bonchev–Trinajstić information content (AvgIpc) is 2.26. The average molecular weight is 151 g/mol. The van der Waals surface area contributed by atoms with Gasteiger partial charge in [0.05, 0.1) is 0 Å². The van der Waals surface area contributed by atoms with Crippen molar-refractivity contribution < 1.29 is 9.59 Å². The van der Waals surface area contributed by atoms with Crippen molar-refractivity contribution in [2.75, 3.05) is 0 Å². The van der Waals surface area contributed by atoms with Gasteiger partial charge in [-0.1, -0.05) is 19.1 Å². The summed E-state index contributed by atoms with van der Waals surface area (Å²) in [7, 11) is 0. The summed E-state index contributed by atoms with van der Waals surface area (Å²) in [6.45, 7) is 1.96. The number of allylic oxidation sites excluding steroid dienone is 1. The topological polar surface area (TPSA) is 46.2 Å². The van der Waals surface area contributed by atoms with Crippen LogP contribution in [0.4, 0.5) is 0 Å². The standard InChI is InChI=1S/C8H9NO2/c1-2-3-4-6-5-7(10)9-8(6)11/h3-5H,2H2,1H3,(H,9,10,11). The van der Waals surface area contributed by atoms with E-state index < -0.39 is 0 Å². The van der Waals surface area contributed by atoms with Crippen LogP contribution in [0.1, 0.15) is 13.3 Å². The summed E-state index contributed by atoms with van der Waals surface area (Å²) in [5.41, 5.74) is 0.442. The second-order valence-corrected chi connectivity index (χ2v) is 2.23. The van der Waals surface area contributed by atoms with Crippen LogP contribution in [-0.4, -0.2) is 11.8 Å². The van der Waals surface area contributed by atoms with Gasteiger partial charge in [-0.2, -0.15) is 0 Å². The smallest absolute Gasteiger partial charge is 0.258 e. The zero-order valence-electron chi connectivity index (χ0n) is 6.26. The highest BCUT2D eigenvalue weighted by Gasteiger charge is 2.17. The zero-order chi connectivity index (χ0) is 8.27. The normalized spacial score (nSPS) is 17.4. The number of nitrogens with one attached hydrogen (secondary N) is 1. The summed E-state index contributed by atoms with van der Waals surface area (Å²) in [6, 6.07) is 0. The molecule has 0 bridgehead atoms. The van der Waals surface area contributed by atoms with E-state index in [1.165, 1.54) is 6.08 Å². The second-order valence-electron chi connectivity index (χ2n) is 2.23. The fourth-order valence-corrected chi connectivity index (χ4v) is 0.796. The molecule has 0 radical (unpaired) electrons. The minimum absolute atomic E-state index is 0.306. The molecular weight excluding hydrogens is 142 g/mol. The summed E-state index contributed by atoms with van der Waals surface area (Å²) in [6.07, 6.45) is 5.65. The third-order valence-corrected chi connectivity index (χ3v) is 1.32. The van der Waals surface area contributed by atoms with E-state index in [9.17, 15) is 9.59 Å². The van der Waals surface area contributed by atoms with E-state index in [0.29, 0.717) is 5.57 Å². The Labute approximate surface area is 64.8 Å². The van der Waals surface area contributed by atoms with Crippen LogP contribution in [0, 0.1) is 0 Å². The van der Waals surface area contributed by atoms with Crippen LogP contribution in [0.2, 0.25) is 0 Å². The first-order valence-electron chi connectivity index (χ1n) is 3.47. The lowest BCUT2D eigenvalue weighted by molar-refractivity contribution is -0.123. The molecule has 0 aliphatic carbocycles. The summed E-state index contributed by atoms with van der Waals surface area (Å²) in [4.78, 5) is 21.4. The number of rotatable bonds is 2. The highest BCUT2D eigenvalue weighted by Crippen LogP contribution is 2.03. The van der Waals surface area contributed by atoms with Gasteiger partial charge in [0, 0.05) is 11.6 Å². The predicted octanol–water partition coefficient (Wildman–Crippen LogP) is 0.535. The van der Waals surface area contributed by atoms with Crippen molar-refractivity contribution in [1.29, 1.82) is 0 Å². The Morgan fingerprint density at radius 3 is 2.73 bits per heavy atom. The van der Waals surface area contributed by atoms with Gasteiger partial charge >= 0.3 is 0 Å². The van der Waals surface area contributed by atoms with Gasteiger partial charge in [0.1, 0.15) is 0 Å². The number of carbonyl (C=O) groups is 2. The Morgan fingerprint density at radius 1 is 1.55 bits per heavy atom. The molecule has 0 saturated heterocycles. The second kappa shape index (κ2) is 3.14. The first kappa shape index (κ1) is 7.72. The third kappa shape index (κ3) is 1.77. The van der Waals surface area contributed by atoms with Crippen molar-refractivity contribution in [2.45, 2.75) is 13.3 Å². The molecule has 2 amide bonds. The third-order valence-electron chi connectivity index (χ3n) is 1.32. The van der Waals surface area contributed by atoms with Gasteiger partial charge in [-0.15, -0.1) is 0 Å². The summed E-state index contributed by atoms with van der Waals surface area (Å²) >= 11 is 0. The van der Waals surface area contributed by atoms with Crippen molar-refractivity contribution in [3.8, 4) is 0 Å². The monoisotopic (exact) mass is 151 g/mol. The SMILES string of the molecule is CCC=CC1=CC(=O)NC1=O. The first-order valence-corrected chi connectivity index (χ1v) is 3.47. The minimum Gasteiger partial charge on any atom is -0.289 e. The molecule has 0 aromatic carbocycles. The van der Waals surface area contributed by atoms with Crippen LogP contribution < -0.4 is 5.32 Å². The fraction of sp³-hybridized carbons (Fsp3) is 0.250. The Hall–Kier alpha value is -1.38. The molecule has 0 aromatic rings. The number of carbonyl (C=O) groups excluding carboxylic acids is 2. The molecule has 1 heterocycles. The molecule has 1 aliphatic heterocycles. The minimum atomic E-state index is -0.328. The Balaban J connectivity index is 2.72. The molecular formula is C8H9NO2. The van der Waals surface area contributed by atoms with Crippen molar-refractivity contribution in [2.24, 2.45) is 0 Å². The van der Waals surface area contributed by atoms with Crippen molar-refractivity contribution in [1.82, 2.24) is 5.32 Å². The van der Waals surface area contributed by atoms with E-state index in [1.54, 1.807) is 6.08 Å². The quantitative estimate of drug-likeness (QED) is 0.585. The number of hydrogen-bond acceptors (Lipinski definition) is 2. The Bertz CT molecular complexity index is 251.